The molecule has 1 aromatic heterocycles. The molecule has 5 heteroatoms. The molecule has 0 atom stereocenters. The molecule has 1 N–H and O–H groups in total. The van der Waals surface area contributed by atoms with E-state index in [-0.39, 0.29) is 5.56 Å². The van der Waals surface area contributed by atoms with Crippen molar-refractivity contribution in [2.45, 2.75) is 0 Å². The van der Waals surface area contributed by atoms with Gasteiger partial charge in [-0.2, -0.15) is 0 Å². The summed E-state index contributed by atoms with van der Waals surface area (Å²) in [7, 11) is 0. The van der Waals surface area contributed by atoms with Gasteiger partial charge in [0.2, 0.25) is 0 Å². The number of benzene rings is 1. The van der Waals surface area contributed by atoms with Crippen LogP contribution in [-0.2, 0) is 0 Å². The van der Waals surface area contributed by atoms with E-state index >= 15 is 0 Å². The van der Waals surface area contributed by atoms with Crippen LogP contribution < -0.4 is 0 Å². The van der Waals surface area contributed by atoms with Crippen LogP contribution in [0.3, 0.4) is 0 Å². The molecule has 74 valence electrons. The van der Waals surface area contributed by atoms with Crippen LogP contribution in [0.15, 0.2) is 36.5 Å². The minimum atomic E-state index is -1.06. The quantitative estimate of drug-likeness (QED) is 0.790. The van der Waals surface area contributed by atoms with Gasteiger partial charge in [0, 0.05) is 5.56 Å². The largest absolute Gasteiger partial charge is 0.478 e. The summed E-state index contributed by atoms with van der Waals surface area (Å²) in [5, 5.41) is 19.5. The Morgan fingerprint density at radius 3 is 2.60 bits per heavy atom. The van der Waals surface area contributed by atoms with Crippen LogP contribution in [0.2, 0.25) is 0 Å². The van der Waals surface area contributed by atoms with Gasteiger partial charge in [-0.15, -0.1) is 10.2 Å². The highest BCUT2D eigenvalue weighted by molar-refractivity contribution is 5.94. The smallest absolute Gasteiger partial charge is 0.339 e. The van der Waals surface area contributed by atoms with E-state index in [1.165, 1.54) is 6.20 Å². The van der Waals surface area contributed by atoms with Crippen LogP contribution >= 0.6 is 0 Å². The van der Waals surface area contributed by atoms with Gasteiger partial charge in [-0.1, -0.05) is 30.3 Å². The molecule has 0 unspecified atom stereocenters. The molecular formula is C10H7N3O2. The predicted molar refractivity (Wildman–Crippen MR) is 52.2 cm³/mol. The van der Waals surface area contributed by atoms with E-state index in [1.54, 1.807) is 12.1 Å². The molecule has 2 aromatic rings. The second-order valence-electron chi connectivity index (χ2n) is 2.87. The van der Waals surface area contributed by atoms with Crippen molar-refractivity contribution >= 4 is 5.97 Å². The standard InChI is InChI=1S/C10H7N3O2/c14-10(15)8-6-11-13-12-9(8)7-4-2-1-3-5-7/h1-6H,(H,14,15). The molecule has 5 nitrogen and oxygen atoms in total. The number of hydrogen-bond acceptors (Lipinski definition) is 4. The lowest BCUT2D eigenvalue weighted by Crippen LogP contribution is -2.04. The molecule has 0 saturated heterocycles. The van der Waals surface area contributed by atoms with Crippen LogP contribution in [0.1, 0.15) is 10.4 Å². The molecule has 0 spiro atoms. The first kappa shape index (κ1) is 9.26. The van der Waals surface area contributed by atoms with Gasteiger partial charge in [0.25, 0.3) is 0 Å². The number of carboxylic acid groups (broad SMARTS) is 1. The van der Waals surface area contributed by atoms with Crippen LogP contribution in [0.25, 0.3) is 11.3 Å². The molecule has 0 aliphatic rings. The Morgan fingerprint density at radius 2 is 1.93 bits per heavy atom. The van der Waals surface area contributed by atoms with Crippen LogP contribution in [0.5, 0.6) is 0 Å². The van der Waals surface area contributed by atoms with E-state index in [0.29, 0.717) is 11.3 Å². The zero-order chi connectivity index (χ0) is 10.7. The van der Waals surface area contributed by atoms with Crippen molar-refractivity contribution in [3.63, 3.8) is 0 Å². The van der Waals surface area contributed by atoms with Gasteiger partial charge in [0.15, 0.2) is 0 Å². The van der Waals surface area contributed by atoms with E-state index in [9.17, 15) is 4.79 Å². The Balaban J connectivity index is 2.58. The minimum absolute atomic E-state index is 0.0520. The molecule has 0 bridgehead atoms. The molecule has 1 aromatic carbocycles. The van der Waals surface area contributed by atoms with Gasteiger partial charge in [-0.3, -0.25) is 0 Å². The number of aromatic carboxylic acids is 1. The highest BCUT2D eigenvalue weighted by atomic mass is 16.4. The molecule has 0 fully saturated rings. The SMILES string of the molecule is O=C(O)c1cnnnc1-c1ccccc1. The zero-order valence-electron chi connectivity index (χ0n) is 7.66. The van der Waals surface area contributed by atoms with Crippen molar-refractivity contribution in [2.24, 2.45) is 0 Å². The van der Waals surface area contributed by atoms with Crippen LogP contribution in [-0.4, -0.2) is 26.5 Å². The number of carbonyl (C=O) groups is 1. The van der Waals surface area contributed by atoms with Crippen molar-refractivity contribution < 1.29 is 9.90 Å². The zero-order valence-corrected chi connectivity index (χ0v) is 7.66. The second kappa shape index (κ2) is 3.83. The summed E-state index contributed by atoms with van der Waals surface area (Å²) >= 11 is 0. The summed E-state index contributed by atoms with van der Waals surface area (Å²) in [6, 6.07) is 9.01. The third-order valence-corrected chi connectivity index (χ3v) is 1.92. The highest BCUT2D eigenvalue weighted by Gasteiger charge is 2.13. The summed E-state index contributed by atoms with van der Waals surface area (Å²) in [6.07, 6.45) is 1.19. The minimum Gasteiger partial charge on any atom is -0.478 e. The fraction of sp³-hybridized carbons (Fsp3) is 0. The van der Waals surface area contributed by atoms with Crippen molar-refractivity contribution in [2.75, 3.05) is 0 Å². The molecule has 0 saturated carbocycles. The molecule has 0 aliphatic carbocycles. The second-order valence-corrected chi connectivity index (χ2v) is 2.87. The molecule has 0 aliphatic heterocycles. The molecular weight excluding hydrogens is 194 g/mol. The maximum atomic E-state index is 10.9. The Kier molecular flexibility index (Phi) is 2.37. The van der Waals surface area contributed by atoms with Gasteiger partial charge in [-0.25, -0.2) is 4.79 Å². The summed E-state index contributed by atoms with van der Waals surface area (Å²) < 4.78 is 0. The Bertz CT molecular complexity index is 485. The molecule has 1 heterocycles. The molecule has 0 amide bonds. The van der Waals surface area contributed by atoms with Gasteiger partial charge in [0.05, 0.1) is 6.20 Å². The molecule has 2 rings (SSSR count). The van der Waals surface area contributed by atoms with Crippen molar-refractivity contribution in [3.8, 4) is 11.3 Å². The summed E-state index contributed by atoms with van der Waals surface area (Å²) in [5.41, 5.74) is 1.10. The number of hydrogen-bond donors (Lipinski definition) is 1. The van der Waals surface area contributed by atoms with Gasteiger partial charge >= 0.3 is 5.97 Å². The summed E-state index contributed by atoms with van der Waals surface area (Å²) in [6.45, 7) is 0. The number of aromatic nitrogens is 3. The maximum Gasteiger partial charge on any atom is 0.339 e. The first-order valence-corrected chi connectivity index (χ1v) is 4.26. The first-order valence-electron chi connectivity index (χ1n) is 4.26. The average molecular weight is 201 g/mol. The monoisotopic (exact) mass is 201 g/mol. The molecule has 0 radical (unpaired) electrons. The fourth-order valence-corrected chi connectivity index (χ4v) is 1.23. The van der Waals surface area contributed by atoms with Gasteiger partial charge in [-0.05, 0) is 5.21 Å². The number of nitrogens with zero attached hydrogens (tertiary/aromatic N) is 3. The summed E-state index contributed by atoms with van der Waals surface area (Å²) in [4.78, 5) is 10.9. The first-order chi connectivity index (χ1) is 7.29. The Morgan fingerprint density at radius 1 is 1.20 bits per heavy atom. The number of rotatable bonds is 2. The Labute approximate surface area is 85.4 Å². The third kappa shape index (κ3) is 1.80. The highest BCUT2D eigenvalue weighted by Crippen LogP contribution is 2.18. The average Bonchev–Trinajstić information content (AvgIpc) is 2.30. The van der Waals surface area contributed by atoms with E-state index in [4.69, 9.17) is 5.11 Å². The van der Waals surface area contributed by atoms with Crippen LogP contribution in [0.4, 0.5) is 0 Å². The van der Waals surface area contributed by atoms with Crippen LogP contribution in [0, 0.1) is 0 Å². The molecule has 15 heavy (non-hydrogen) atoms. The number of carboxylic acids is 1. The maximum absolute atomic E-state index is 10.9. The van der Waals surface area contributed by atoms with Crippen molar-refractivity contribution in [3.05, 3.63) is 42.1 Å². The van der Waals surface area contributed by atoms with Gasteiger partial charge in [0.1, 0.15) is 11.3 Å². The lowest BCUT2D eigenvalue weighted by atomic mass is 10.1. The predicted octanol–water partition coefficient (Wildman–Crippen LogP) is 1.24. The van der Waals surface area contributed by atoms with E-state index in [2.05, 4.69) is 15.4 Å². The van der Waals surface area contributed by atoms with Crippen molar-refractivity contribution in [1.82, 2.24) is 15.4 Å². The third-order valence-electron chi connectivity index (χ3n) is 1.92. The fourth-order valence-electron chi connectivity index (χ4n) is 1.23. The van der Waals surface area contributed by atoms with E-state index < -0.39 is 5.97 Å². The van der Waals surface area contributed by atoms with E-state index in [0.717, 1.165) is 0 Å². The van der Waals surface area contributed by atoms with Gasteiger partial charge < -0.3 is 5.11 Å². The normalized spacial score (nSPS) is 9.87. The summed E-state index contributed by atoms with van der Waals surface area (Å²) in [5.74, 6) is -1.06. The Hall–Kier alpha value is -2.30. The van der Waals surface area contributed by atoms with E-state index in [1.807, 2.05) is 18.2 Å². The topological polar surface area (TPSA) is 76.0 Å². The lowest BCUT2D eigenvalue weighted by molar-refractivity contribution is 0.0696. The lowest BCUT2D eigenvalue weighted by Gasteiger charge is -2.01. The van der Waals surface area contributed by atoms with Crippen molar-refractivity contribution in [1.29, 1.82) is 0 Å².